The first-order valence-electron chi connectivity index (χ1n) is 6.51. The molecule has 1 atom stereocenters. The smallest absolute Gasteiger partial charge is 0.323 e. The van der Waals surface area contributed by atoms with Crippen molar-refractivity contribution in [1.82, 2.24) is 9.97 Å². The van der Waals surface area contributed by atoms with Gasteiger partial charge in [-0.1, -0.05) is 6.07 Å². The van der Waals surface area contributed by atoms with Gasteiger partial charge in [0, 0.05) is 5.56 Å². The number of benzene rings is 1. The van der Waals surface area contributed by atoms with Crippen LogP contribution in [0.3, 0.4) is 0 Å². The first-order chi connectivity index (χ1) is 9.47. The SMILES string of the molecule is Cc1oc(C)c(C(N)c2ccc3[nH]c(=O)[nH]c3c2)c1C. The van der Waals surface area contributed by atoms with Crippen LogP contribution >= 0.6 is 0 Å². The molecule has 0 aliphatic carbocycles. The zero-order chi connectivity index (χ0) is 14.4. The monoisotopic (exact) mass is 271 g/mol. The summed E-state index contributed by atoms with van der Waals surface area (Å²) in [5.41, 5.74) is 10.7. The van der Waals surface area contributed by atoms with Crippen LogP contribution in [-0.2, 0) is 0 Å². The predicted octanol–water partition coefficient (Wildman–Crippen LogP) is 2.42. The molecule has 20 heavy (non-hydrogen) atoms. The minimum Gasteiger partial charge on any atom is -0.466 e. The Balaban J connectivity index is 2.11. The van der Waals surface area contributed by atoms with Gasteiger partial charge in [-0.05, 0) is 44.0 Å². The standard InChI is InChI=1S/C15H17N3O2/c1-7-8(2)20-9(3)13(7)14(16)10-4-5-11-12(6-10)18-15(19)17-11/h4-6,14H,16H2,1-3H3,(H2,17,18,19). The van der Waals surface area contributed by atoms with Crippen LogP contribution < -0.4 is 11.4 Å². The maximum absolute atomic E-state index is 11.3. The number of hydrogen-bond acceptors (Lipinski definition) is 3. The molecule has 3 rings (SSSR count). The van der Waals surface area contributed by atoms with E-state index < -0.39 is 0 Å². The van der Waals surface area contributed by atoms with E-state index in [2.05, 4.69) is 9.97 Å². The Bertz CT molecular complexity index is 839. The molecule has 0 fully saturated rings. The molecule has 1 aromatic carbocycles. The molecule has 5 heteroatoms. The van der Waals surface area contributed by atoms with Crippen molar-refractivity contribution < 1.29 is 4.42 Å². The molecule has 0 saturated heterocycles. The van der Waals surface area contributed by atoms with E-state index in [1.165, 1.54) is 0 Å². The Labute approximate surface area is 115 Å². The number of hydrogen-bond donors (Lipinski definition) is 3. The summed E-state index contributed by atoms with van der Waals surface area (Å²) in [6, 6.07) is 5.42. The summed E-state index contributed by atoms with van der Waals surface area (Å²) >= 11 is 0. The number of aryl methyl sites for hydroxylation is 2. The Hall–Kier alpha value is -2.27. The van der Waals surface area contributed by atoms with Gasteiger partial charge in [-0.3, -0.25) is 0 Å². The minimum atomic E-state index is -0.268. The second kappa shape index (κ2) is 4.38. The zero-order valence-electron chi connectivity index (χ0n) is 11.7. The third kappa shape index (κ3) is 1.87. The molecule has 2 heterocycles. The average Bonchev–Trinajstić information content (AvgIpc) is 2.87. The molecule has 0 radical (unpaired) electrons. The van der Waals surface area contributed by atoms with Gasteiger partial charge in [0.2, 0.25) is 0 Å². The molecule has 2 aromatic heterocycles. The molecule has 4 N–H and O–H groups in total. The maximum Gasteiger partial charge on any atom is 0.323 e. The van der Waals surface area contributed by atoms with Gasteiger partial charge >= 0.3 is 5.69 Å². The molecule has 0 spiro atoms. The number of furan rings is 1. The van der Waals surface area contributed by atoms with Gasteiger partial charge in [0.15, 0.2) is 0 Å². The van der Waals surface area contributed by atoms with Crippen LogP contribution in [0.2, 0.25) is 0 Å². The molecule has 0 aliphatic rings. The van der Waals surface area contributed by atoms with Gasteiger partial charge in [-0.25, -0.2) is 4.79 Å². The van der Waals surface area contributed by atoms with Crippen molar-refractivity contribution in [1.29, 1.82) is 0 Å². The Morgan fingerprint density at radius 3 is 2.45 bits per heavy atom. The Morgan fingerprint density at radius 2 is 1.80 bits per heavy atom. The summed E-state index contributed by atoms with van der Waals surface area (Å²) in [6.45, 7) is 5.87. The summed E-state index contributed by atoms with van der Waals surface area (Å²) in [5, 5.41) is 0. The third-order valence-electron chi connectivity index (χ3n) is 3.83. The lowest BCUT2D eigenvalue weighted by molar-refractivity contribution is 0.498. The van der Waals surface area contributed by atoms with E-state index >= 15 is 0 Å². The number of nitrogens with two attached hydrogens (primary N) is 1. The van der Waals surface area contributed by atoms with E-state index in [1.54, 1.807) is 0 Å². The Morgan fingerprint density at radius 1 is 1.10 bits per heavy atom. The van der Waals surface area contributed by atoms with Gasteiger partial charge in [-0.15, -0.1) is 0 Å². The highest BCUT2D eigenvalue weighted by Crippen LogP contribution is 2.30. The van der Waals surface area contributed by atoms with Crippen LogP contribution in [0.25, 0.3) is 11.0 Å². The van der Waals surface area contributed by atoms with Crippen LogP contribution in [0, 0.1) is 20.8 Å². The van der Waals surface area contributed by atoms with E-state index in [9.17, 15) is 4.79 Å². The lowest BCUT2D eigenvalue weighted by atomic mass is 9.96. The molecular formula is C15H17N3O2. The van der Waals surface area contributed by atoms with Crippen molar-refractivity contribution in [3.63, 3.8) is 0 Å². The summed E-state index contributed by atoms with van der Waals surface area (Å²) in [4.78, 5) is 16.8. The molecule has 0 saturated carbocycles. The first-order valence-corrected chi connectivity index (χ1v) is 6.51. The van der Waals surface area contributed by atoms with Crippen molar-refractivity contribution >= 4 is 11.0 Å². The largest absolute Gasteiger partial charge is 0.466 e. The number of fused-ring (bicyclic) bond motifs is 1. The van der Waals surface area contributed by atoms with Gasteiger partial charge < -0.3 is 20.1 Å². The molecule has 3 aromatic rings. The number of imidazole rings is 1. The van der Waals surface area contributed by atoms with Crippen molar-refractivity contribution in [3.05, 3.63) is 56.9 Å². The number of aromatic amines is 2. The number of aromatic nitrogens is 2. The Kier molecular flexibility index (Phi) is 2.79. The van der Waals surface area contributed by atoms with Crippen molar-refractivity contribution in [2.24, 2.45) is 5.73 Å². The lowest BCUT2D eigenvalue weighted by Gasteiger charge is -2.13. The highest BCUT2D eigenvalue weighted by molar-refractivity contribution is 5.75. The highest BCUT2D eigenvalue weighted by Gasteiger charge is 2.19. The normalized spacial score (nSPS) is 13.0. The molecular weight excluding hydrogens is 254 g/mol. The minimum absolute atomic E-state index is 0.211. The number of H-pyrrole nitrogens is 2. The van der Waals surface area contributed by atoms with Crippen LogP contribution in [0.5, 0.6) is 0 Å². The van der Waals surface area contributed by atoms with Gasteiger partial charge in [0.25, 0.3) is 0 Å². The summed E-state index contributed by atoms with van der Waals surface area (Å²) < 4.78 is 5.64. The van der Waals surface area contributed by atoms with E-state index in [1.807, 2.05) is 39.0 Å². The summed E-state index contributed by atoms with van der Waals surface area (Å²) in [7, 11) is 0. The predicted molar refractivity (Wildman–Crippen MR) is 77.9 cm³/mol. The van der Waals surface area contributed by atoms with Gasteiger partial charge in [0.1, 0.15) is 11.5 Å². The quantitative estimate of drug-likeness (QED) is 0.669. The van der Waals surface area contributed by atoms with E-state index in [0.717, 1.165) is 39.2 Å². The van der Waals surface area contributed by atoms with E-state index in [0.29, 0.717) is 0 Å². The molecule has 1 unspecified atom stereocenters. The summed E-state index contributed by atoms with van der Waals surface area (Å²) in [5.74, 6) is 1.74. The van der Waals surface area contributed by atoms with Crippen LogP contribution in [0.1, 0.15) is 34.3 Å². The van der Waals surface area contributed by atoms with Gasteiger partial charge in [0.05, 0.1) is 17.1 Å². The molecule has 0 amide bonds. The van der Waals surface area contributed by atoms with E-state index in [4.69, 9.17) is 10.2 Å². The zero-order valence-corrected chi connectivity index (χ0v) is 11.7. The van der Waals surface area contributed by atoms with Crippen LogP contribution in [0.4, 0.5) is 0 Å². The fourth-order valence-electron chi connectivity index (χ4n) is 2.68. The van der Waals surface area contributed by atoms with Crippen molar-refractivity contribution in [2.45, 2.75) is 26.8 Å². The second-order valence-corrected chi connectivity index (χ2v) is 5.11. The topological polar surface area (TPSA) is 87.8 Å². The third-order valence-corrected chi connectivity index (χ3v) is 3.83. The van der Waals surface area contributed by atoms with Gasteiger partial charge in [-0.2, -0.15) is 0 Å². The first kappa shape index (κ1) is 12.7. The second-order valence-electron chi connectivity index (χ2n) is 5.11. The molecule has 5 nitrogen and oxygen atoms in total. The molecule has 104 valence electrons. The number of nitrogens with one attached hydrogen (secondary N) is 2. The van der Waals surface area contributed by atoms with E-state index in [-0.39, 0.29) is 11.7 Å². The number of rotatable bonds is 2. The fourth-order valence-corrected chi connectivity index (χ4v) is 2.68. The fraction of sp³-hybridized carbons (Fsp3) is 0.267. The van der Waals surface area contributed by atoms with Crippen LogP contribution in [-0.4, -0.2) is 9.97 Å². The average molecular weight is 271 g/mol. The van der Waals surface area contributed by atoms with Crippen LogP contribution in [0.15, 0.2) is 27.4 Å². The van der Waals surface area contributed by atoms with Crippen molar-refractivity contribution in [3.8, 4) is 0 Å². The lowest BCUT2D eigenvalue weighted by Crippen LogP contribution is -2.13. The molecule has 0 aliphatic heterocycles. The van der Waals surface area contributed by atoms with Crippen molar-refractivity contribution in [2.75, 3.05) is 0 Å². The molecule has 0 bridgehead atoms. The highest BCUT2D eigenvalue weighted by atomic mass is 16.3. The summed E-state index contributed by atoms with van der Waals surface area (Å²) in [6.07, 6.45) is 0. The maximum atomic E-state index is 11.3.